The maximum absolute atomic E-state index is 15.1. The van der Waals surface area contributed by atoms with Crippen LogP contribution in [-0.4, -0.2) is 95.4 Å². The number of carboxylic acid groups (broad SMARTS) is 2. The number of nitrogens with two attached hydrogens (primary N) is 2. The molecule has 4 heterocycles. The van der Waals surface area contributed by atoms with Gasteiger partial charge in [-0.2, -0.15) is 0 Å². The highest BCUT2D eigenvalue weighted by molar-refractivity contribution is 5.89. The summed E-state index contributed by atoms with van der Waals surface area (Å²) in [5.41, 5.74) is 11.9. The number of carboxylic acids is 2. The normalized spacial score (nSPS) is 17.9. The number of aromatic nitrogens is 5. The van der Waals surface area contributed by atoms with E-state index >= 15 is 4.39 Å². The Kier molecular flexibility index (Phi) is 10.5. The molecular weight excluding hydrogens is 648 g/mol. The third-order valence-electron chi connectivity index (χ3n) is 7.24. The predicted octanol–water partition coefficient (Wildman–Crippen LogP) is 1.62. The van der Waals surface area contributed by atoms with E-state index < -0.39 is 54.4 Å². The number of alkyl halides is 2. The van der Waals surface area contributed by atoms with E-state index in [0.717, 1.165) is 6.07 Å². The molecule has 1 aliphatic rings. The van der Waals surface area contributed by atoms with Gasteiger partial charge in [0.1, 0.15) is 23.8 Å². The summed E-state index contributed by atoms with van der Waals surface area (Å²) in [6.07, 6.45) is 0.646. The van der Waals surface area contributed by atoms with Crippen LogP contribution in [0.3, 0.4) is 0 Å². The van der Waals surface area contributed by atoms with Crippen LogP contribution in [0, 0.1) is 11.6 Å². The van der Waals surface area contributed by atoms with Crippen LogP contribution >= 0.6 is 0 Å². The molecule has 0 aliphatic carbocycles. The molecule has 4 aromatic rings. The third-order valence-corrected chi connectivity index (χ3v) is 7.24. The number of rotatable bonds is 9. The lowest BCUT2D eigenvalue weighted by Crippen LogP contribution is -2.63. The number of hydrogen-bond donors (Lipinski definition) is 5. The molecule has 0 saturated carbocycles. The molecule has 0 amide bonds. The van der Waals surface area contributed by atoms with E-state index in [4.69, 9.17) is 25.8 Å². The van der Waals surface area contributed by atoms with Crippen LogP contribution in [0.25, 0.3) is 22.4 Å². The molecule has 9 N–H and O–H groups in total. The lowest BCUT2D eigenvalue weighted by Gasteiger charge is -2.44. The van der Waals surface area contributed by atoms with Crippen molar-refractivity contribution in [3.63, 3.8) is 0 Å². The Morgan fingerprint density at radius 1 is 1.12 bits per heavy atom. The molecule has 15 nitrogen and oxygen atoms in total. The molecule has 0 radical (unpaired) electrons. The van der Waals surface area contributed by atoms with Gasteiger partial charge in [-0.25, -0.2) is 42.1 Å². The number of nitrogens with zero attached hydrogens (tertiary/aromatic N) is 6. The van der Waals surface area contributed by atoms with Crippen molar-refractivity contribution in [2.45, 2.75) is 37.5 Å². The van der Waals surface area contributed by atoms with E-state index in [1.54, 1.807) is 9.47 Å². The fourth-order valence-corrected chi connectivity index (χ4v) is 5.00. The van der Waals surface area contributed by atoms with Gasteiger partial charge >= 0.3 is 11.9 Å². The monoisotopic (exact) mass is 683 g/mol. The quantitative estimate of drug-likeness (QED) is 0.124. The number of anilines is 2. The topological polar surface area (TPSA) is 247 Å². The second-order valence-electron chi connectivity index (χ2n) is 10.4. The largest absolute Gasteiger partial charge is 0.494 e. The number of nitrogen functional groups attached to an aromatic ring is 1. The summed E-state index contributed by atoms with van der Waals surface area (Å²) in [4.78, 5) is 37.5. The first-order chi connectivity index (χ1) is 23.4. The Labute approximate surface area is 273 Å². The van der Waals surface area contributed by atoms with Crippen LogP contribution in [0.1, 0.15) is 22.5 Å². The van der Waals surface area contributed by atoms with Gasteiger partial charge in [0, 0.05) is 36.9 Å². The van der Waals surface area contributed by atoms with Crippen molar-refractivity contribution in [1.82, 2.24) is 24.5 Å². The zero-order valence-corrected chi connectivity index (χ0v) is 24.7. The highest BCUT2D eigenvalue weighted by Gasteiger charge is 2.43. The van der Waals surface area contributed by atoms with Gasteiger partial charge in [-0.3, -0.25) is 4.98 Å². The first-order valence-electron chi connectivity index (χ1n) is 15.1. The maximum Gasteiger partial charge on any atom is 0.328 e. The number of aliphatic carboxylic acids is 2. The summed E-state index contributed by atoms with van der Waals surface area (Å²) in [5.74, 6) is -5.27. The minimum atomic E-state index is -3.05. The molecule has 0 bridgehead atoms. The van der Waals surface area contributed by atoms with E-state index in [-0.39, 0.29) is 42.1 Å². The molecule has 258 valence electrons. The Balaban J connectivity index is 0.000000699. The molecule has 1 aromatic carbocycles. The van der Waals surface area contributed by atoms with Crippen molar-refractivity contribution in [2.24, 2.45) is 5.73 Å². The van der Waals surface area contributed by atoms with Gasteiger partial charge in [0.15, 0.2) is 23.0 Å². The number of methoxy groups -OCH3 is 1. The van der Waals surface area contributed by atoms with Crippen molar-refractivity contribution < 1.29 is 56.8 Å². The molecule has 5 rings (SSSR count). The van der Waals surface area contributed by atoms with Gasteiger partial charge < -0.3 is 46.5 Å². The number of imidazole rings is 1. The SMILES string of the molecule is O.O=C(O)/C=C/C(=O)O.[2H]C([2H])([2H])Oc1cc(F)c(-c2cc(Cn3cnc4c(N)ncnc43)c(N3CCC[C@](N)([C@H](O)C(F)F)C3)cn2)cc1F. The highest BCUT2D eigenvalue weighted by atomic mass is 19.3. The minimum absolute atomic E-state index is 0. The smallest absolute Gasteiger partial charge is 0.328 e. The molecule has 1 fully saturated rings. The molecule has 19 heteroatoms. The number of hydrogen-bond acceptors (Lipinski definition) is 11. The number of aliphatic hydroxyl groups is 1. The second-order valence-corrected chi connectivity index (χ2v) is 10.4. The molecule has 1 saturated heterocycles. The van der Waals surface area contributed by atoms with E-state index in [1.807, 2.05) is 0 Å². The van der Waals surface area contributed by atoms with Crippen LogP contribution in [-0.2, 0) is 16.1 Å². The van der Waals surface area contributed by atoms with Crippen molar-refractivity contribution in [2.75, 3.05) is 30.8 Å². The molecule has 1 aliphatic heterocycles. The summed E-state index contributed by atoms with van der Waals surface area (Å²) in [7, 11) is -2.99. The summed E-state index contributed by atoms with van der Waals surface area (Å²) in [6.45, 7) is 0.330. The second kappa shape index (κ2) is 15.5. The minimum Gasteiger partial charge on any atom is -0.494 e. The fourth-order valence-electron chi connectivity index (χ4n) is 5.00. The van der Waals surface area contributed by atoms with Gasteiger partial charge in [0.25, 0.3) is 6.43 Å². The molecule has 0 spiro atoms. The number of pyridine rings is 1. The first kappa shape index (κ1) is 32.5. The van der Waals surface area contributed by atoms with Crippen LogP contribution < -0.4 is 21.1 Å². The fraction of sp³-hybridized carbons (Fsp3) is 0.310. The molecular formula is C29H32F4N8O7. The van der Waals surface area contributed by atoms with E-state index in [0.29, 0.717) is 53.6 Å². The number of fused-ring (bicyclic) bond motifs is 1. The average molecular weight is 684 g/mol. The van der Waals surface area contributed by atoms with Crippen molar-refractivity contribution in [3.8, 4) is 17.0 Å². The zero-order chi connectivity index (χ0) is 37.0. The lowest BCUT2D eigenvalue weighted by molar-refractivity contribution is -0.134. The van der Waals surface area contributed by atoms with Crippen LogP contribution in [0.15, 0.2) is 49.2 Å². The van der Waals surface area contributed by atoms with Crippen molar-refractivity contribution in [3.05, 3.63) is 66.4 Å². The first-order valence-corrected chi connectivity index (χ1v) is 13.6. The van der Waals surface area contributed by atoms with E-state index in [1.165, 1.54) is 24.9 Å². The summed E-state index contributed by atoms with van der Waals surface area (Å²) in [6, 6.07) is 2.87. The predicted molar refractivity (Wildman–Crippen MR) is 163 cm³/mol. The zero-order valence-electron chi connectivity index (χ0n) is 27.7. The van der Waals surface area contributed by atoms with Crippen molar-refractivity contribution in [1.29, 1.82) is 0 Å². The number of piperidine rings is 1. The number of carbonyl (C=O) groups is 2. The van der Waals surface area contributed by atoms with E-state index in [2.05, 4.69) is 24.7 Å². The molecule has 48 heavy (non-hydrogen) atoms. The Bertz CT molecular complexity index is 1900. The summed E-state index contributed by atoms with van der Waals surface area (Å²) >= 11 is 0. The van der Waals surface area contributed by atoms with Gasteiger partial charge in [0.05, 0.1) is 47.1 Å². The summed E-state index contributed by atoms with van der Waals surface area (Å²) < 4.78 is 84.4. The van der Waals surface area contributed by atoms with E-state index in [9.17, 15) is 27.9 Å². The number of aliphatic hydroxyl groups excluding tert-OH is 1. The highest BCUT2D eigenvalue weighted by Crippen LogP contribution is 2.34. The number of benzene rings is 1. The number of halogens is 4. The van der Waals surface area contributed by atoms with Gasteiger partial charge in [-0.1, -0.05) is 0 Å². The standard InChI is InChI=1S/C25H26F4N8O2.C4H4O4.H2O/c1-39-19-7-15(26)14(6-16(19)27)17-5-13(9-37-12-35-20-23(30)33-11-34-24(20)37)18(8-32-17)36-4-2-3-25(31,10-36)21(38)22(28)29;5-3(6)1-2-4(7)8;/h5-8,11-12,21-22,38H,2-4,9-10,31H2,1H3,(H2,30,33,34);1-2H,(H,5,6)(H,7,8);1H2/b;2-1+;/t21-,25-;;/m1../s1/i1D3;;. The Hall–Kier alpha value is -5.40. The average Bonchev–Trinajstić information content (AvgIpc) is 3.44. The Morgan fingerprint density at radius 2 is 1.83 bits per heavy atom. The van der Waals surface area contributed by atoms with Gasteiger partial charge in [0.2, 0.25) is 0 Å². The Morgan fingerprint density at radius 3 is 2.48 bits per heavy atom. The lowest BCUT2D eigenvalue weighted by atomic mass is 9.84. The molecule has 2 atom stereocenters. The summed E-state index contributed by atoms with van der Waals surface area (Å²) in [5, 5.41) is 25.8. The maximum atomic E-state index is 15.1. The molecule has 3 aromatic heterocycles. The third kappa shape index (κ3) is 8.30. The van der Waals surface area contributed by atoms with Crippen LogP contribution in [0.5, 0.6) is 5.75 Å². The number of ether oxygens (including phenoxy) is 1. The van der Waals surface area contributed by atoms with Crippen LogP contribution in [0.4, 0.5) is 29.1 Å². The van der Waals surface area contributed by atoms with Crippen molar-refractivity contribution >= 4 is 34.6 Å². The molecule has 0 unspecified atom stereocenters. The van der Waals surface area contributed by atoms with Gasteiger partial charge in [-0.05, 0) is 30.5 Å². The van der Waals surface area contributed by atoms with Gasteiger partial charge in [-0.15, -0.1) is 0 Å². The van der Waals surface area contributed by atoms with Crippen LogP contribution in [0.2, 0.25) is 0 Å².